The summed E-state index contributed by atoms with van der Waals surface area (Å²) in [6.07, 6.45) is 1.60. The molecule has 0 aromatic heterocycles. The molecule has 0 aliphatic heterocycles. The molecule has 0 aromatic rings. The molecule has 0 aliphatic rings. The van der Waals surface area contributed by atoms with E-state index in [4.69, 9.17) is 0 Å². The maximum atomic E-state index is 10.7. The number of carbonyl (C=O) groups is 2. The number of allylic oxidation sites excluding steroid dienone is 1. The van der Waals surface area contributed by atoms with Crippen LogP contribution >= 0.6 is 0 Å². The Balaban J connectivity index is 3.99. The molecule has 0 rings (SSSR count). The maximum absolute atomic E-state index is 10.7. The smallest absolute Gasteiger partial charge is 0.319 e. The quantitative estimate of drug-likeness (QED) is 0.511. The van der Waals surface area contributed by atoms with Gasteiger partial charge in [-0.15, -0.1) is 0 Å². The molecule has 3 N–H and O–H groups in total. The van der Waals surface area contributed by atoms with Crippen LogP contribution in [0.1, 0.15) is 13.8 Å². The highest BCUT2D eigenvalue weighted by molar-refractivity contribution is 6.02. The van der Waals surface area contributed by atoms with Gasteiger partial charge < -0.3 is 5.73 Å². The molecule has 4 heteroatoms. The molecule has 0 heterocycles. The summed E-state index contributed by atoms with van der Waals surface area (Å²) in [6, 6.07) is -0.828. The van der Waals surface area contributed by atoms with E-state index in [-0.39, 0.29) is 0 Å². The summed E-state index contributed by atoms with van der Waals surface area (Å²) in [5, 5.41) is 1.93. The summed E-state index contributed by atoms with van der Waals surface area (Å²) in [4.78, 5) is 20.8. The molecule has 0 bridgehead atoms. The van der Waals surface area contributed by atoms with Crippen molar-refractivity contribution in [2.24, 2.45) is 5.73 Å². The minimum atomic E-state index is -0.828. The van der Waals surface area contributed by atoms with Crippen molar-refractivity contribution in [2.45, 2.75) is 13.8 Å². The second-order valence-corrected chi connectivity index (χ2v) is 1.79. The van der Waals surface area contributed by atoms with Crippen LogP contribution in [-0.2, 0) is 4.79 Å². The Labute approximate surface area is 59.1 Å². The summed E-state index contributed by atoms with van der Waals surface area (Å²) in [7, 11) is 0. The fourth-order valence-corrected chi connectivity index (χ4v) is 0.342. The van der Waals surface area contributed by atoms with Gasteiger partial charge in [0.2, 0.25) is 0 Å². The number of nitrogens with one attached hydrogen (secondary N) is 1. The van der Waals surface area contributed by atoms with Crippen LogP contribution in [0.4, 0.5) is 4.79 Å². The molecule has 56 valence electrons. The number of urea groups is 1. The zero-order valence-corrected chi connectivity index (χ0v) is 5.97. The van der Waals surface area contributed by atoms with Crippen molar-refractivity contribution in [2.75, 3.05) is 0 Å². The number of primary amides is 1. The molecule has 3 amide bonds. The highest BCUT2D eigenvalue weighted by atomic mass is 16.2. The fourth-order valence-electron chi connectivity index (χ4n) is 0.342. The van der Waals surface area contributed by atoms with E-state index in [1.54, 1.807) is 19.9 Å². The first kappa shape index (κ1) is 8.68. The topological polar surface area (TPSA) is 72.2 Å². The van der Waals surface area contributed by atoms with Crippen molar-refractivity contribution >= 4 is 11.9 Å². The summed E-state index contributed by atoms with van der Waals surface area (Å²) < 4.78 is 0. The van der Waals surface area contributed by atoms with Crippen molar-refractivity contribution in [3.05, 3.63) is 11.6 Å². The number of rotatable bonds is 1. The van der Waals surface area contributed by atoms with Crippen molar-refractivity contribution in [3.8, 4) is 0 Å². The zero-order valence-electron chi connectivity index (χ0n) is 5.97. The van der Waals surface area contributed by atoms with Gasteiger partial charge in [-0.2, -0.15) is 0 Å². The zero-order chi connectivity index (χ0) is 8.15. The van der Waals surface area contributed by atoms with E-state index in [1.165, 1.54) is 0 Å². The Morgan fingerprint density at radius 3 is 2.30 bits per heavy atom. The third-order valence-electron chi connectivity index (χ3n) is 1.03. The molecule has 0 spiro atoms. The van der Waals surface area contributed by atoms with E-state index in [0.29, 0.717) is 5.57 Å². The molecule has 0 atom stereocenters. The molecule has 0 aliphatic carbocycles. The lowest BCUT2D eigenvalue weighted by Crippen LogP contribution is -2.35. The van der Waals surface area contributed by atoms with Gasteiger partial charge in [0.15, 0.2) is 0 Å². The van der Waals surface area contributed by atoms with Gasteiger partial charge in [-0.05, 0) is 13.8 Å². The van der Waals surface area contributed by atoms with E-state index in [1.807, 2.05) is 5.32 Å². The second-order valence-electron chi connectivity index (χ2n) is 1.79. The van der Waals surface area contributed by atoms with E-state index in [9.17, 15) is 9.59 Å². The van der Waals surface area contributed by atoms with E-state index < -0.39 is 11.9 Å². The summed E-state index contributed by atoms with van der Waals surface area (Å²) in [6.45, 7) is 3.30. The minimum absolute atomic E-state index is 0.449. The number of hydrogen-bond acceptors (Lipinski definition) is 2. The summed E-state index contributed by atoms with van der Waals surface area (Å²) >= 11 is 0. The van der Waals surface area contributed by atoms with E-state index in [0.717, 1.165) is 0 Å². The predicted molar refractivity (Wildman–Crippen MR) is 37.2 cm³/mol. The van der Waals surface area contributed by atoms with Crippen molar-refractivity contribution in [1.29, 1.82) is 0 Å². The van der Waals surface area contributed by atoms with Gasteiger partial charge in [-0.1, -0.05) is 6.08 Å². The second kappa shape index (κ2) is 3.66. The van der Waals surface area contributed by atoms with Crippen LogP contribution in [0, 0.1) is 0 Å². The minimum Gasteiger partial charge on any atom is -0.351 e. The molecule has 0 fully saturated rings. The van der Waals surface area contributed by atoms with Gasteiger partial charge in [0.05, 0.1) is 0 Å². The molecule has 0 aromatic carbocycles. The standard InChI is InChI=1S/C6H10N2O2/c1-3-4(2)5(9)8-6(7)10/h3H,1-2H3,(H3,7,8,9,10)/b4-3-. The largest absolute Gasteiger partial charge is 0.351 e. The van der Waals surface area contributed by atoms with Crippen molar-refractivity contribution < 1.29 is 9.59 Å². The SMILES string of the molecule is C/C=C(/C)C(=O)NC(N)=O. The third-order valence-corrected chi connectivity index (χ3v) is 1.03. The van der Waals surface area contributed by atoms with Gasteiger partial charge in [0, 0.05) is 5.57 Å². The first-order chi connectivity index (χ1) is 4.57. The molecule has 0 unspecified atom stereocenters. The average Bonchev–Trinajstić information content (AvgIpc) is 1.85. The first-order valence-electron chi connectivity index (χ1n) is 2.81. The Bertz CT molecular complexity index is 184. The summed E-state index contributed by atoms with van der Waals surface area (Å²) in [5.41, 5.74) is 5.16. The van der Waals surface area contributed by atoms with Crippen LogP contribution in [-0.4, -0.2) is 11.9 Å². The lowest BCUT2D eigenvalue weighted by molar-refractivity contribution is -0.116. The fraction of sp³-hybridized carbons (Fsp3) is 0.333. The monoisotopic (exact) mass is 142 g/mol. The van der Waals surface area contributed by atoms with Crippen LogP contribution in [0.2, 0.25) is 0 Å². The van der Waals surface area contributed by atoms with Crippen LogP contribution in [0.25, 0.3) is 0 Å². The molecular weight excluding hydrogens is 132 g/mol. The average molecular weight is 142 g/mol. The molecule has 10 heavy (non-hydrogen) atoms. The number of amides is 3. The Morgan fingerprint density at radius 2 is 2.00 bits per heavy atom. The highest BCUT2D eigenvalue weighted by Gasteiger charge is 2.03. The molecule has 4 nitrogen and oxygen atoms in total. The predicted octanol–water partition coefficient (Wildman–Crippen LogP) is 0.148. The summed E-state index contributed by atoms with van der Waals surface area (Å²) in [5.74, 6) is -0.449. The Hall–Kier alpha value is -1.32. The Morgan fingerprint density at radius 1 is 1.50 bits per heavy atom. The molecule has 0 saturated heterocycles. The number of nitrogens with two attached hydrogens (primary N) is 1. The van der Waals surface area contributed by atoms with Crippen LogP contribution in [0.5, 0.6) is 0 Å². The molecular formula is C6H10N2O2. The van der Waals surface area contributed by atoms with Gasteiger partial charge in [-0.25, -0.2) is 4.79 Å². The van der Waals surface area contributed by atoms with E-state index >= 15 is 0 Å². The first-order valence-corrected chi connectivity index (χ1v) is 2.81. The lowest BCUT2D eigenvalue weighted by Gasteiger charge is -1.97. The van der Waals surface area contributed by atoms with Gasteiger partial charge >= 0.3 is 6.03 Å². The van der Waals surface area contributed by atoms with Crippen LogP contribution in [0.15, 0.2) is 11.6 Å². The highest BCUT2D eigenvalue weighted by Crippen LogP contribution is 1.89. The molecule has 0 saturated carbocycles. The number of hydrogen-bond donors (Lipinski definition) is 2. The van der Waals surface area contributed by atoms with E-state index in [2.05, 4.69) is 5.73 Å². The van der Waals surface area contributed by atoms with Gasteiger partial charge in [-0.3, -0.25) is 10.1 Å². The van der Waals surface area contributed by atoms with Crippen molar-refractivity contribution in [3.63, 3.8) is 0 Å². The molecule has 0 radical (unpaired) electrons. The van der Waals surface area contributed by atoms with Crippen LogP contribution in [0.3, 0.4) is 0 Å². The third kappa shape index (κ3) is 2.86. The van der Waals surface area contributed by atoms with Crippen molar-refractivity contribution in [1.82, 2.24) is 5.32 Å². The van der Waals surface area contributed by atoms with Gasteiger partial charge in [0.25, 0.3) is 5.91 Å². The number of carbonyl (C=O) groups excluding carboxylic acids is 2. The Kier molecular flexibility index (Phi) is 3.17. The normalized spacial score (nSPS) is 10.8. The van der Waals surface area contributed by atoms with Gasteiger partial charge in [0.1, 0.15) is 0 Å². The number of imide groups is 1. The lowest BCUT2D eigenvalue weighted by atomic mass is 10.3. The van der Waals surface area contributed by atoms with Crippen LogP contribution < -0.4 is 11.1 Å². The maximum Gasteiger partial charge on any atom is 0.319 e.